The highest BCUT2D eigenvalue weighted by molar-refractivity contribution is 6.31. The molecule has 0 saturated carbocycles. The molecule has 0 fully saturated rings. The van der Waals surface area contributed by atoms with Crippen LogP contribution in [-0.4, -0.2) is 15.9 Å². The zero-order chi connectivity index (χ0) is 17.8. The first-order valence-electron chi connectivity index (χ1n) is 8.06. The van der Waals surface area contributed by atoms with Crippen LogP contribution in [0.4, 0.5) is 0 Å². The summed E-state index contributed by atoms with van der Waals surface area (Å²) >= 11 is 6.15. The molecule has 0 aliphatic heterocycles. The fourth-order valence-corrected chi connectivity index (χ4v) is 3.00. The van der Waals surface area contributed by atoms with Crippen molar-refractivity contribution >= 4 is 28.4 Å². The van der Waals surface area contributed by atoms with Crippen LogP contribution in [0.1, 0.15) is 30.8 Å². The van der Waals surface area contributed by atoms with E-state index in [-0.39, 0.29) is 23.9 Å². The largest absolute Gasteiger partial charge is 0.350 e. The normalized spacial score (nSPS) is 12.1. The maximum Gasteiger partial charge on any atom is 0.258 e. The Kier molecular flexibility index (Phi) is 5.14. The predicted molar refractivity (Wildman–Crippen MR) is 98.7 cm³/mol. The summed E-state index contributed by atoms with van der Waals surface area (Å²) in [6, 6.07) is 14.4. The standard InChI is InChI=1S/C19H18ClN3O2/c1-12(13-6-2-4-8-15(13)20)21-18(24)11-10-17-22-16-9-5-3-7-14(16)19(25)23-17/h2-9,12H,10-11H2,1H3,(H,21,24)(H,22,23,25). The van der Waals surface area contributed by atoms with Crippen molar-refractivity contribution in [3.63, 3.8) is 0 Å². The van der Waals surface area contributed by atoms with Gasteiger partial charge in [0, 0.05) is 17.9 Å². The summed E-state index contributed by atoms with van der Waals surface area (Å²) in [5.74, 6) is 0.382. The van der Waals surface area contributed by atoms with E-state index in [0.29, 0.717) is 28.2 Å². The molecule has 0 saturated heterocycles. The molecule has 1 heterocycles. The Morgan fingerprint density at radius 3 is 2.72 bits per heavy atom. The highest BCUT2D eigenvalue weighted by atomic mass is 35.5. The van der Waals surface area contributed by atoms with E-state index in [1.54, 1.807) is 24.3 Å². The van der Waals surface area contributed by atoms with E-state index >= 15 is 0 Å². The molecule has 0 bridgehead atoms. The van der Waals surface area contributed by atoms with Gasteiger partial charge in [-0.2, -0.15) is 0 Å². The number of benzene rings is 2. The lowest BCUT2D eigenvalue weighted by atomic mass is 10.1. The lowest BCUT2D eigenvalue weighted by molar-refractivity contribution is -0.121. The summed E-state index contributed by atoms with van der Waals surface area (Å²) in [4.78, 5) is 31.4. The van der Waals surface area contributed by atoms with E-state index in [0.717, 1.165) is 5.56 Å². The number of aromatic nitrogens is 2. The summed E-state index contributed by atoms with van der Waals surface area (Å²) in [7, 11) is 0. The molecule has 0 aliphatic rings. The first-order valence-corrected chi connectivity index (χ1v) is 8.44. The number of carbonyl (C=O) groups is 1. The van der Waals surface area contributed by atoms with Gasteiger partial charge in [-0.1, -0.05) is 41.9 Å². The number of halogens is 1. The maximum absolute atomic E-state index is 12.2. The molecule has 1 atom stereocenters. The third-order valence-electron chi connectivity index (χ3n) is 4.00. The quantitative estimate of drug-likeness (QED) is 0.736. The van der Waals surface area contributed by atoms with Crippen LogP contribution in [0.15, 0.2) is 53.3 Å². The minimum atomic E-state index is -0.190. The van der Waals surface area contributed by atoms with Gasteiger partial charge in [-0.25, -0.2) is 4.98 Å². The molecule has 2 N–H and O–H groups in total. The van der Waals surface area contributed by atoms with Gasteiger partial charge < -0.3 is 10.3 Å². The van der Waals surface area contributed by atoms with Crippen LogP contribution in [0.3, 0.4) is 0 Å². The number of nitrogens with zero attached hydrogens (tertiary/aromatic N) is 1. The van der Waals surface area contributed by atoms with E-state index in [1.165, 1.54) is 0 Å². The van der Waals surface area contributed by atoms with Crippen molar-refractivity contribution in [3.05, 3.63) is 75.3 Å². The minimum Gasteiger partial charge on any atom is -0.350 e. The Morgan fingerprint density at radius 2 is 1.92 bits per heavy atom. The van der Waals surface area contributed by atoms with Gasteiger partial charge in [0.15, 0.2) is 0 Å². The maximum atomic E-state index is 12.2. The fourth-order valence-electron chi connectivity index (χ4n) is 2.70. The molecule has 1 amide bonds. The minimum absolute atomic E-state index is 0.122. The SMILES string of the molecule is CC(NC(=O)CCc1nc2ccccc2c(=O)[nH]1)c1ccccc1Cl. The molecule has 25 heavy (non-hydrogen) atoms. The molecule has 0 spiro atoms. The van der Waals surface area contributed by atoms with Crippen LogP contribution in [0.5, 0.6) is 0 Å². The molecular formula is C19H18ClN3O2. The Hall–Kier alpha value is -2.66. The van der Waals surface area contributed by atoms with Crippen LogP contribution in [0.2, 0.25) is 5.02 Å². The molecular weight excluding hydrogens is 338 g/mol. The number of rotatable bonds is 5. The molecule has 128 valence electrons. The molecule has 6 heteroatoms. The average molecular weight is 356 g/mol. The summed E-state index contributed by atoms with van der Waals surface area (Å²) < 4.78 is 0. The van der Waals surface area contributed by atoms with Gasteiger partial charge in [-0.05, 0) is 30.7 Å². The number of hydrogen-bond donors (Lipinski definition) is 2. The second-order valence-corrected chi connectivity index (χ2v) is 6.25. The second kappa shape index (κ2) is 7.49. The van der Waals surface area contributed by atoms with Crippen molar-refractivity contribution in [1.29, 1.82) is 0 Å². The van der Waals surface area contributed by atoms with Crippen molar-refractivity contribution in [2.45, 2.75) is 25.8 Å². The molecule has 2 aromatic carbocycles. The van der Waals surface area contributed by atoms with Crippen LogP contribution < -0.4 is 10.9 Å². The lowest BCUT2D eigenvalue weighted by Crippen LogP contribution is -2.27. The number of H-pyrrole nitrogens is 1. The Labute approximate surface area is 150 Å². The summed E-state index contributed by atoms with van der Waals surface area (Å²) in [6.45, 7) is 1.88. The van der Waals surface area contributed by atoms with Crippen molar-refractivity contribution < 1.29 is 4.79 Å². The van der Waals surface area contributed by atoms with Crippen molar-refractivity contribution in [2.75, 3.05) is 0 Å². The van der Waals surface area contributed by atoms with Crippen LogP contribution >= 0.6 is 11.6 Å². The smallest absolute Gasteiger partial charge is 0.258 e. The number of hydrogen-bond acceptors (Lipinski definition) is 3. The average Bonchev–Trinajstić information content (AvgIpc) is 2.60. The van der Waals surface area contributed by atoms with Crippen LogP contribution in [-0.2, 0) is 11.2 Å². The lowest BCUT2D eigenvalue weighted by Gasteiger charge is -2.15. The molecule has 0 radical (unpaired) electrons. The zero-order valence-electron chi connectivity index (χ0n) is 13.8. The topological polar surface area (TPSA) is 74.8 Å². The number of aryl methyl sites for hydroxylation is 1. The van der Waals surface area contributed by atoms with E-state index in [1.807, 2.05) is 31.2 Å². The van der Waals surface area contributed by atoms with Gasteiger partial charge in [0.1, 0.15) is 5.82 Å². The van der Waals surface area contributed by atoms with E-state index in [9.17, 15) is 9.59 Å². The first kappa shape index (κ1) is 17.2. The van der Waals surface area contributed by atoms with Crippen LogP contribution in [0, 0.1) is 0 Å². The molecule has 1 aromatic heterocycles. The third kappa shape index (κ3) is 4.06. The van der Waals surface area contributed by atoms with Gasteiger partial charge in [-0.3, -0.25) is 9.59 Å². The van der Waals surface area contributed by atoms with Gasteiger partial charge in [0.25, 0.3) is 5.56 Å². The second-order valence-electron chi connectivity index (χ2n) is 5.84. The van der Waals surface area contributed by atoms with Gasteiger partial charge in [-0.15, -0.1) is 0 Å². The Balaban J connectivity index is 1.65. The molecule has 1 unspecified atom stereocenters. The van der Waals surface area contributed by atoms with Crippen molar-refractivity contribution in [2.24, 2.45) is 0 Å². The van der Waals surface area contributed by atoms with Gasteiger partial charge >= 0.3 is 0 Å². The van der Waals surface area contributed by atoms with E-state index < -0.39 is 0 Å². The zero-order valence-corrected chi connectivity index (χ0v) is 14.5. The van der Waals surface area contributed by atoms with E-state index in [4.69, 9.17) is 11.6 Å². The number of amides is 1. The number of fused-ring (bicyclic) bond motifs is 1. The molecule has 3 aromatic rings. The monoisotopic (exact) mass is 355 g/mol. The molecule has 3 rings (SSSR count). The Morgan fingerprint density at radius 1 is 1.20 bits per heavy atom. The highest BCUT2D eigenvalue weighted by Gasteiger charge is 2.13. The predicted octanol–water partition coefficient (Wildman–Crippen LogP) is 3.39. The molecule has 0 aliphatic carbocycles. The first-order chi connectivity index (χ1) is 12.0. The fraction of sp³-hybridized carbons (Fsp3) is 0.211. The highest BCUT2D eigenvalue weighted by Crippen LogP contribution is 2.22. The summed E-state index contributed by atoms with van der Waals surface area (Å²) in [5.41, 5.74) is 1.31. The number of para-hydroxylation sites is 1. The number of carbonyl (C=O) groups excluding carboxylic acids is 1. The van der Waals surface area contributed by atoms with Gasteiger partial charge in [0.05, 0.1) is 16.9 Å². The Bertz CT molecular complexity index is 968. The number of nitrogens with one attached hydrogen (secondary N) is 2. The van der Waals surface area contributed by atoms with Crippen molar-refractivity contribution in [1.82, 2.24) is 15.3 Å². The summed E-state index contributed by atoms with van der Waals surface area (Å²) in [6.07, 6.45) is 0.594. The van der Waals surface area contributed by atoms with Gasteiger partial charge in [0.2, 0.25) is 5.91 Å². The van der Waals surface area contributed by atoms with Crippen molar-refractivity contribution in [3.8, 4) is 0 Å². The molecule has 5 nitrogen and oxygen atoms in total. The van der Waals surface area contributed by atoms with Crippen LogP contribution in [0.25, 0.3) is 10.9 Å². The third-order valence-corrected chi connectivity index (χ3v) is 4.34. The van der Waals surface area contributed by atoms with E-state index in [2.05, 4.69) is 15.3 Å². The summed E-state index contributed by atoms with van der Waals surface area (Å²) in [5, 5.41) is 4.08. The number of aromatic amines is 1.